The van der Waals surface area contributed by atoms with E-state index < -0.39 is 0 Å². The average Bonchev–Trinajstić information content (AvgIpc) is 2.78. The molecule has 0 spiro atoms. The molecule has 174 valence electrons. The molecule has 0 aromatic heterocycles. The van der Waals surface area contributed by atoms with Crippen LogP contribution in [-0.4, -0.2) is 11.9 Å². The molecular formula is C29H47NO. The van der Waals surface area contributed by atoms with E-state index in [9.17, 15) is 4.79 Å². The lowest BCUT2D eigenvalue weighted by Gasteiger charge is -2.14. The molecule has 0 saturated carbocycles. The first kappa shape index (κ1) is 29.0. The van der Waals surface area contributed by atoms with E-state index in [0.29, 0.717) is 6.42 Å². The molecule has 0 heterocycles. The Morgan fingerprint density at radius 2 is 1.35 bits per heavy atom. The lowest BCUT2D eigenvalue weighted by Crippen LogP contribution is -2.33. The monoisotopic (exact) mass is 425 g/mol. The minimum absolute atomic E-state index is 0.200. The highest BCUT2D eigenvalue weighted by Gasteiger charge is 2.07. The van der Waals surface area contributed by atoms with E-state index in [1.807, 2.05) is 6.07 Å². The van der Waals surface area contributed by atoms with Crippen LogP contribution in [0.15, 0.2) is 42.5 Å². The summed E-state index contributed by atoms with van der Waals surface area (Å²) in [5, 5.41) is 3.13. The van der Waals surface area contributed by atoms with Gasteiger partial charge in [0.25, 0.3) is 0 Å². The second kappa shape index (κ2) is 22.7. The van der Waals surface area contributed by atoms with Crippen molar-refractivity contribution in [3.63, 3.8) is 0 Å². The van der Waals surface area contributed by atoms with Crippen molar-refractivity contribution in [1.29, 1.82) is 0 Å². The average molecular weight is 426 g/mol. The summed E-state index contributed by atoms with van der Waals surface area (Å²) in [6, 6.07) is 10.6. The number of amides is 1. The molecule has 2 heteroatoms. The molecule has 31 heavy (non-hydrogen) atoms. The molecule has 1 amide bonds. The van der Waals surface area contributed by atoms with E-state index in [2.05, 4.69) is 68.4 Å². The minimum Gasteiger partial charge on any atom is -0.353 e. The second-order valence-electron chi connectivity index (χ2n) is 8.49. The summed E-state index contributed by atoms with van der Waals surface area (Å²) in [6.07, 6.45) is 31.1. The molecule has 1 atom stereocenters. The summed E-state index contributed by atoms with van der Waals surface area (Å²) in [6.45, 7) is 4.36. The predicted octanol–water partition coefficient (Wildman–Crippen LogP) is 8.02. The lowest BCUT2D eigenvalue weighted by atomic mass is 10.1. The number of carbonyl (C=O) groups excluding carboxylic acids is 1. The van der Waals surface area contributed by atoms with E-state index in [-0.39, 0.29) is 11.9 Å². The number of allylic oxidation sites excluding steroid dienone is 2. The minimum atomic E-state index is 0.200. The fourth-order valence-corrected chi connectivity index (χ4v) is 3.72. The van der Waals surface area contributed by atoms with Crippen LogP contribution in [0.5, 0.6) is 0 Å². The Bertz CT molecular complexity index is 561. The smallest absolute Gasteiger partial charge is 0.220 e. The first-order valence-corrected chi connectivity index (χ1v) is 12.5. The van der Waals surface area contributed by atoms with Gasteiger partial charge in [-0.05, 0) is 51.0 Å². The van der Waals surface area contributed by atoms with Crippen molar-refractivity contribution in [1.82, 2.24) is 5.32 Å². The van der Waals surface area contributed by atoms with Gasteiger partial charge in [0.1, 0.15) is 0 Å². The van der Waals surface area contributed by atoms with Gasteiger partial charge in [-0.3, -0.25) is 4.79 Å². The van der Waals surface area contributed by atoms with Gasteiger partial charge in [0.05, 0.1) is 0 Å². The number of carbonyl (C=O) groups is 1. The van der Waals surface area contributed by atoms with Gasteiger partial charge >= 0.3 is 0 Å². The van der Waals surface area contributed by atoms with E-state index in [1.54, 1.807) is 0 Å². The molecule has 0 fully saturated rings. The van der Waals surface area contributed by atoms with Crippen molar-refractivity contribution in [2.75, 3.05) is 0 Å². The van der Waals surface area contributed by atoms with Crippen molar-refractivity contribution in [2.24, 2.45) is 0 Å². The summed E-state index contributed by atoms with van der Waals surface area (Å²) < 4.78 is 0. The zero-order chi connectivity index (χ0) is 23.0. The number of benzene rings is 1. The second-order valence-corrected chi connectivity index (χ2v) is 8.49. The quantitative estimate of drug-likeness (QED) is 0.144. The largest absolute Gasteiger partial charge is 0.353 e. The zero-order valence-electron chi connectivity index (χ0n) is 20.3. The fraction of sp³-hybridized carbons (Fsp3) is 0.621. The molecule has 1 rings (SSSR count). The Morgan fingerprint density at radius 3 is 1.94 bits per heavy atom. The third kappa shape index (κ3) is 19.7. The van der Waals surface area contributed by atoms with Crippen molar-refractivity contribution < 1.29 is 4.79 Å². The van der Waals surface area contributed by atoms with Crippen LogP contribution in [0.3, 0.4) is 0 Å². The van der Waals surface area contributed by atoms with E-state index in [4.69, 9.17) is 0 Å². The molecule has 1 aromatic carbocycles. The maximum absolute atomic E-state index is 12.1. The molecule has 0 saturated heterocycles. The highest BCUT2D eigenvalue weighted by Crippen LogP contribution is 2.10. The highest BCUT2D eigenvalue weighted by molar-refractivity contribution is 5.76. The number of rotatable bonds is 18. The Hall–Kier alpha value is -2.01. The maximum Gasteiger partial charge on any atom is 0.220 e. The third-order valence-electron chi connectivity index (χ3n) is 5.46. The summed E-state index contributed by atoms with van der Waals surface area (Å²) in [5.41, 5.74) is 1.28. The van der Waals surface area contributed by atoms with E-state index in [0.717, 1.165) is 12.8 Å². The topological polar surface area (TPSA) is 29.1 Å². The first-order valence-electron chi connectivity index (χ1n) is 12.5. The van der Waals surface area contributed by atoms with Gasteiger partial charge in [0, 0.05) is 12.5 Å². The van der Waals surface area contributed by atoms with Gasteiger partial charge in [-0.1, -0.05) is 101 Å². The number of unbranched alkanes of at least 4 members (excludes halogenated alkanes) is 11. The Balaban J connectivity index is 0.00000436. The van der Waals surface area contributed by atoms with Gasteiger partial charge in [-0.25, -0.2) is 0 Å². The molecule has 0 radical (unpaired) electrons. The van der Waals surface area contributed by atoms with Crippen molar-refractivity contribution in [2.45, 2.75) is 116 Å². The summed E-state index contributed by atoms with van der Waals surface area (Å²) in [5.74, 6) is 0.200. The van der Waals surface area contributed by atoms with Gasteiger partial charge in [0.2, 0.25) is 5.91 Å². The third-order valence-corrected chi connectivity index (χ3v) is 5.46. The van der Waals surface area contributed by atoms with Crippen LogP contribution in [-0.2, 0) is 11.2 Å². The number of nitrogens with one attached hydrogen (secondary N) is 1. The normalized spacial score (nSPS) is 11.6. The lowest BCUT2D eigenvalue weighted by molar-refractivity contribution is -0.121. The molecule has 0 unspecified atom stereocenters. The van der Waals surface area contributed by atoms with Crippen molar-refractivity contribution >= 4 is 5.91 Å². The van der Waals surface area contributed by atoms with E-state index >= 15 is 0 Å². The van der Waals surface area contributed by atoms with Crippen molar-refractivity contribution in [3.05, 3.63) is 48.0 Å². The van der Waals surface area contributed by atoms with Crippen LogP contribution < -0.4 is 5.32 Å². The highest BCUT2D eigenvalue weighted by atomic mass is 16.1. The standard InChI is InChI=1S/C27H45NO.C2H2/c1-3-4-5-6-7-8-9-10-11-12-13-14-15-16-20-23-27(29)28-25(2)24-26-21-18-17-19-22-26;1-2/h10-11,17-19,21-22,25H,3-9,12-16,20,23-24H2,1-2H3,(H,28,29);1-2H/b11-10-;/t25-;/m1./s1. The zero-order valence-corrected chi connectivity index (χ0v) is 20.3. The van der Waals surface area contributed by atoms with Crippen LogP contribution in [0.4, 0.5) is 0 Å². The summed E-state index contributed by atoms with van der Waals surface area (Å²) >= 11 is 0. The van der Waals surface area contributed by atoms with Crippen LogP contribution in [0.25, 0.3) is 0 Å². The Morgan fingerprint density at radius 1 is 0.839 bits per heavy atom. The Labute approximate surface area is 193 Å². The van der Waals surface area contributed by atoms with E-state index in [1.165, 1.54) is 82.6 Å². The van der Waals surface area contributed by atoms with Gasteiger partial charge in [-0.15, -0.1) is 12.8 Å². The maximum atomic E-state index is 12.1. The molecule has 1 N–H and O–H groups in total. The SMILES string of the molecule is C#C.CCCCCCCC/C=C\CCCCCCCC(=O)N[C@H](C)Cc1ccccc1. The molecule has 0 aliphatic heterocycles. The summed E-state index contributed by atoms with van der Waals surface area (Å²) in [4.78, 5) is 12.1. The molecule has 1 aromatic rings. The van der Waals surface area contributed by atoms with Crippen LogP contribution in [0, 0.1) is 12.8 Å². The molecule has 0 bridgehead atoms. The summed E-state index contributed by atoms with van der Waals surface area (Å²) in [7, 11) is 0. The first-order chi connectivity index (χ1) is 15.2. The van der Waals surface area contributed by atoms with Crippen LogP contribution in [0.2, 0.25) is 0 Å². The number of hydrogen-bond donors (Lipinski definition) is 1. The fourth-order valence-electron chi connectivity index (χ4n) is 3.72. The molecule has 2 nitrogen and oxygen atoms in total. The van der Waals surface area contributed by atoms with Gasteiger partial charge in [-0.2, -0.15) is 0 Å². The molecular weight excluding hydrogens is 378 g/mol. The van der Waals surface area contributed by atoms with Crippen LogP contribution >= 0.6 is 0 Å². The van der Waals surface area contributed by atoms with Crippen LogP contribution in [0.1, 0.15) is 109 Å². The number of hydrogen-bond acceptors (Lipinski definition) is 1. The number of terminal acetylenes is 1. The van der Waals surface area contributed by atoms with Gasteiger partial charge < -0.3 is 5.32 Å². The molecule has 0 aliphatic carbocycles. The Kier molecular flexibility index (Phi) is 21.2. The van der Waals surface area contributed by atoms with Gasteiger partial charge in [0.15, 0.2) is 0 Å². The van der Waals surface area contributed by atoms with Crippen molar-refractivity contribution in [3.8, 4) is 12.8 Å². The molecule has 0 aliphatic rings. The predicted molar refractivity (Wildman–Crippen MR) is 137 cm³/mol.